The molecular formula is C12H24O4Si2. The summed E-state index contributed by atoms with van der Waals surface area (Å²) in [5.74, 6) is -0.490. The summed E-state index contributed by atoms with van der Waals surface area (Å²) in [6, 6.07) is 0. The number of aliphatic carboxylic acids is 1. The van der Waals surface area contributed by atoms with Gasteiger partial charge in [-0.3, -0.25) is 0 Å². The van der Waals surface area contributed by atoms with Crippen LogP contribution in [0.2, 0.25) is 39.3 Å². The smallest absolute Gasteiger partial charge is 0.342 e. The van der Waals surface area contributed by atoms with Gasteiger partial charge in [0.15, 0.2) is 0 Å². The fraction of sp³-hybridized carbons (Fsp3) is 0.583. The standard InChI is InChI=1S/C12H24O4Si2/c1-9(15-17(3,4)5)11(12(13)14)10(2)16-18(6,7)8/h1H2,2-8H3,(H,13,14). The molecule has 1 N–H and O–H groups in total. The summed E-state index contributed by atoms with van der Waals surface area (Å²) < 4.78 is 11.3. The van der Waals surface area contributed by atoms with Gasteiger partial charge in [-0.1, -0.05) is 6.58 Å². The van der Waals surface area contributed by atoms with Crippen LogP contribution in [0.5, 0.6) is 0 Å². The van der Waals surface area contributed by atoms with Crippen LogP contribution in [0.4, 0.5) is 0 Å². The van der Waals surface area contributed by atoms with Gasteiger partial charge >= 0.3 is 5.97 Å². The van der Waals surface area contributed by atoms with E-state index in [9.17, 15) is 9.90 Å². The van der Waals surface area contributed by atoms with Gasteiger partial charge in [0.1, 0.15) is 11.3 Å². The molecule has 0 radical (unpaired) electrons. The molecule has 0 heterocycles. The SMILES string of the molecule is C=C(O[Si](C)(C)C)C(C(=O)O)=C(C)O[Si](C)(C)C. The number of hydrogen-bond acceptors (Lipinski definition) is 3. The van der Waals surface area contributed by atoms with E-state index in [1.165, 1.54) is 0 Å². The van der Waals surface area contributed by atoms with E-state index in [1.54, 1.807) is 6.92 Å². The van der Waals surface area contributed by atoms with Gasteiger partial charge in [-0.05, 0) is 46.2 Å². The summed E-state index contributed by atoms with van der Waals surface area (Å²) in [7, 11) is -3.71. The first-order chi connectivity index (χ1) is 7.83. The zero-order valence-corrected chi connectivity index (χ0v) is 14.4. The monoisotopic (exact) mass is 288 g/mol. The lowest BCUT2D eigenvalue weighted by atomic mass is 10.2. The van der Waals surface area contributed by atoms with E-state index in [0.29, 0.717) is 5.76 Å². The van der Waals surface area contributed by atoms with Crippen molar-refractivity contribution in [3.05, 3.63) is 23.7 Å². The zero-order valence-electron chi connectivity index (χ0n) is 12.4. The van der Waals surface area contributed by atoms with Gasteiger partial charge in [0.25, 0.3) is 0 Å². The van der Waals surface area contributed by atoms with Gasteiger partial charge in [0, 0.05) is 0 Å². The molecule has 6 heteroatoms. The molecule has 104 valence electrons. The van der Waals surface area contributed by atoms with Crippen molar-refractivity contribution in [3.63, 3.8) is 0 Å². The van der Waals surface area contributed by atoms with Crippen molar-refractivity contribution in [1.29, 1.82) is 0 Å². The van der Waals surface area contributed by atoms with Crippen LogP contribution in [0.1, 0.15) is 6.92 Å². The summed E-state index contributed by atoms with van der Waals surface area (Å²) in [6.07, 6.45) is 0. The number of allylic oxidation sites excluding steroid dienone is 1. The summed E-state index contributed by atoms with van der Waals surface area (Å²) in [4.78, 5) is 11.3. The molecule has 0 amide bonds. The second-order valence-corrected chi connectivity index (χ2v) is 14.9. The Balaban J connectivity index is 5.26. The second kappa shape index (κ2) is 5.75. The first-order valence-corrected chi connectivity index (χ1v) is 12.7. The molecule has 0 fully saturated rings. The van der Waals surface area contributed by atoms with Crippen molar-refractivity contribution in [1.82, 2.24) is 0 Å². The molecule has 18 heavy (non-hydrogen) atoms. The van der Waals surface area contributed by atoms with Gasteiger partial charge in [-0.25, -0.2) is 4.79 Å². The maximum Gasteiger partial charge on any atom is 0.342 e. The molecule has 0 aromatic carbocycles. The van der Waals surface area contributed by atoms with Crippen molar-refractivity contribution in [2.45, 2.75) is 46.2 Å². The fourth-order valence-electron chi connectivity index (χ4n) is 1.40. The topological polar surface area (TPSA) is 55.8 Å². The maximum absolute atomic E-state index is 11.3. The highest BCUT2D eigenvalue weighted by Gasteiger charge is 2.26. The third kappa shape index (κ3) is 6.65. The number of carboxylic acids is 1. The highest BCUT2D eigenvalue weighted by molar-refractivity contribution is 6.70. The van der Waals surface area contributed by atoms with Crippen molar-refractivity contribution in [2.75, 3.05) is 0 Å². The first kappa shape index (κ1) is 17.0. The Bertz CT molecular complexity index is 373. The molecule has 0 aromatic heterocycles. The van der Waals surface area contributed by atoms with Gasteiger partial charge in [0.05, 0.1) is 5.76 Å². The van der Waals surface area contributed by atoms with E-state index >= 15 is 0 Å². The van der Waals surface area contributed by atoms with E-state index in [-0.39, 0.29) is 11.3 Å². The molecule has 0 bridgehead atoms. The van der Waals surface area contributed by atoms with Gasteiger partial charge < -0.3 is 14.0 Å². The molecule has 0 unspecified atom stereocenters. The summed E-state index contributed by atoms with van der Waals surface area (Å²) in [5.41, 5.74) is 0.0415. The Kier molecular flexibility index (Phi) is 5.42. The minimum atomic E-state index is -1.87. The van der Waals surface area contributed by atoms with Gasteiger partial charge in [0.2, 0.25) is 16.6 Å². The Hall–Kier alpha value is -1.02. The van der Waals surface area contributed by atoms with E-state index in [1.807, 2.05) is 39.3 Å². The maximum atomic E-state index is 11.3. The van der Waals surface area contributed by atoms with Crippen LogP contribution in [0.15, 0.2) is 23.7 Å². The lowest BCUT2D eigenvalue weighted by molar-refractivity contribution is -0.132. The predicted molar refractivity (Wildman–Crippen MR) is 78.3 cm³/mol. The summed E-state index contributed by atoms with van der Waals surface area (Å²) in [5, 5.41) is 9.26. The molecule has 0 spiro atoms. The molecule has 0 rings (SSSR count). The predicted octanol–water partition coefficient (Wildman–Crippen LogP) is 3.56. The van der Waals surface area contributed by atoms with Gasteiger partial charge in [-0.15, -0.1) is 0 Å². The van der Waals surface area contributed by atoms with Crippen molar-refractivity contribution in [2.24, 2.45) is 0 Å². The zero-order chi connectivity index (χ0) is 14.7. The van der Waals surface area contributed by atoms with Crippen molar-refractivity contribution < 1.29 is 18.8 Å². The highest BCUT2D eigenvalue weighted by Crippen LogP contribution is 2.22. The minimum absolute atomic E-state index is 0.0415. The lowest BCUT2D eigenvalue weighted by Gasteiger charge is -2.25. The largest absolute Gasteiger partial charge is 0.547 e. The quantitative estimate of drug-likeness (QED) is 0.351. The number of carboxylic acid groups (broad SMARTS) is 1. The van der Waals surface area contributed by atoms with Crippen LogP contribution in [0.25, 0.3) is 0 Å². The summed E-state index contributed by atoms with van der Waals surface area (Å²) in [6.45, 7) is 17.3. The molecule has 0 saturated carbocycles. The van der Waals surface area contributed by atoms with Crippen LogP contribution >= 0.6 is 0 Å². The van der Waals surface area contributed by atoms with E-state index in [2.05, 4.69) is 6.58 Å². The average molecular weight is 288 g/mol. The van der Waals surface area contributed by atoms with Crippen LogP contribution in [0, 0.1) is 0 Å². The molecule has 0 aliphatic heterocycles. The van der Waals surface area contributed by atoms with Crippen LogP contribution in [-0.4, -0.2) is 27.7 Å². The van der Waals surface area contributed by atoms with Gasteiger partial charge in [-0.2, -0.15) is 0 Å². The third-order valence-corrected chi connectivity index (χ3v) is 3.51. The summed E-state index contributed by atoms with van der Waals surface area (Å²) >= 11 is 0. The van der Waals surface area contributed by atoms with Crippen molar-refractivity contribution in [3.8, 4) is 0 Å². The average Bonchev–Trinajstić information content (AvgIpc) is 1.93. The molecule has 0 aromatic rings. The third-order valence-electron chi connectivity index (χ3n) is 1.73. The Labute approximate surface area is 112 Å². The van der Waals surface area contributed by atoms with Crippen LogP contribution in [-0.2, 0) is 13.6 Å². The number of rotatable bonds is 6. The fourth-order valence-corrected chi connectivity index (χ4v) is 3.26. The molecule has 0 aliphatic rings. The normalized spacial score (nSPS) is 13.7. The Morgan fingerprint density at radius 2 is 1.39 bits per heavy atom. The lowest BCUT2D eigenvalue weighted by Crippen LogP contribution is -2.28. The Morgan fingerprint density at radius 1 is 1.00 bits per heavy atom. The Morgan fingerprint density at radius 3 is 1.67 bits per heavy atom. The van der Waals surface area contributed by atoms with Crippen LogP contribution < -0.4 is 0 Å². The molecular weight excluding hydrogens is 264 g/mol. The number of hydrogen-bond donors (Lipinski definition) is 1. The molecule has 0 saturated heterocycles. The van der Waals surface area contributed by atoms with E-state index in [4.69, 9.17) is 8.85 Å². The van der Waals surface area contributed by atoms with Crippen molar-refractivity contribution >= 4 is 22.6 Å². The van der Waals surface area contributed by atoms with E-state index < -0.39 is 22.6 Å². The van der Waals surface area contributed by atoms with Crippen LogP contribution in [0.3, 0.4) is 0 Å². The minimum Gasteiger partial charge on any atom is -0.547 e. The highest BCUT2D eigenvalue weighted by atomic mass is 28.4. The first-order valence-electron chi connectivity index (χ1n) is 5.85. The molecule has 4 nitrogen and oxygen atoms in total. The molecule has 0 aliphatic carbocycles. The van der Waals surface area contributed by atoms with E-state index in [0.717, 1.165) is 0 Å². The number of carbonyl (C=O) groups is 1. The second-order valence-electron chi connectivity index (χ2n) is 6.09. The molecule has 0 atom stereocenters.